The Morgan fingerprint density at radius 2 is 1.88 bits per heavy atom. The third-order valence-electron chi connectivity index (χ3n) is 13.6. The molecular formula is C49H66N10O7S. The number of fused-ring (bicyclic) bond motifs is 6. The minimum absolute atomic E-state index is 0.0811. The van der Waals surface area contributed by atoms with Crippen molar-refractivity contribution < 1.29 is 33.4 Å². The maximum atomic E-state index is 14.6. The third kappa shape index (κ3) is 10.1. The molecule has 3 fully saturated rings. The highest BCUT2D eigenvalue weighted by Gasteiger charge is 2.42. The molecular weight excluding hydrogens is 873 g/mol. The summed E-state index contributed by atoms with van der Waals surface area (Å²) in [5.74, 6) is -1.42. The molecule has 1 aromatic carbocycles. The molecule has 0 spiro atoms. The number of ether oxygens (including phenoxy) is 2. The first-order valence-corrected chi connectivity index (χ1v) is 24.5. The SMILES string of the molecule is CCn1c(-c2cccnc2[C@H](C)OC)c2c3cc(ccc31)-c1csc(n1)C[C@H](NC(=O)C(C(C)C)N(C)C(=O)N(C)CC1CN(C(=O)[C@H]3CN3)C1)C(=O)N1CCC[C@H](N1)C(=O)OCC(C)(C)C2. The Morgan fingerprint density at radius 3 is 2.58 bits per heavy atom. The second-order valence-corrected chi connectivity index (χ2v) is 20.7. The van der Waals surface area contributed by atoms with Crippen LogP contribution in [0.4, 0.5) is 4.79 Å². The number of amides is 5. The number of carbonyl (C=O) groups is 5. The fourth-order valence-corrected chi connectivity index (χ4v) is 10.8. The van der Waals surface area contributed by atoms with E-state index in [0.29, 0.717) is 63.5 Å². The lowest BCUT2D eigenvalue weighted by Crippen LogP contribution is -2.62. The van der Waals surface area contributed by atoms with Crippen molar-refractivity contribution >= 4 is 52.0 Å². The molecule has 67 heavy (non-hydrogen) atoms. The summed E-state index contributed by atoms with van der Waals surface area (Å²) in [6.07, 6.45) is 3.21. The minimum atomic E-state index is -1.08. The number of thiazole rings is 1. The maximum Gasteiger partial charge on any atom is 0.324 e. The number of nitrogens with zero attached hydrogens (tertiary/aromatic N) is 7. The summed E-state index contributed by atoms with van der Waals surface area (Å²) in [5.41, 5.74) is 9.29. The number of rotatable bonds is 11. The van der Waals surface area contributed by atoms with Crippen molar-refractivity contribution in [3.63, 3.8) is 0 Å². The Balaban J connectivity index is 1.11. The van der Waals surface area contributed by atoms with Crippen LogP contribution in [-0.2, 0) is 48.0 Å². The molecule has 4 aliphatic rings. The van der Waals surface area contributed by atoms with E-state index in [4.69, 9.17) is 19.4 Å². The molecule has 5 amide bonds. The van der Waals surface area contributed by atoms with Gasteiger partial charge in [-0.05, 0) is 68.9 Å². The van der Waals surface area contributed by atoms with E-state index in [1.54, 1.807) is 32.3 Å². The molecule has 18 heteroatoms. The molecule has 1 unspecified atom stereocenters. The number of urea groups is 1. The summed E-state index contributed by atoms with van der Waals surface area (Å²) in [6.45, 7) is 15.5. The predicted molar refractivity (Wildman–Crippen MR) is 256 cm³/mol. The summed E-state index contributed by atoms with van der Waals surface area (Å²) in [5, 5.41) is 11.2. The number of carbonyl (C=O) groups excluding carboxylic acids is 5. The molecule has 0 saturated carbocycles. The Bertz CT molecular complexity index is 2510. The number of pyridine rings is 1. The number of likely N-dealkylation sites (tertiary alicyclic amines) is 1. The van der Waals surface area contributed by atoms with Crippen LogP contribution in [0.5, 0.6) is 0 Å². The fraction of sp³-hybridized carbons (Fsp3) is 0.571. The Labute approximate surface area is 396 Å². The van der Waals surface area contributed by atoms with Crippen LogP contribution in [0, 0.1) is 17.3 Å². The Morgan fingerprint density at radius 1 is 1.12 bits per heavy atom. The fourth-order valence-electron chi connectivity index (χ4n) is 9.92. The van der Waals surface area contributed by atoms with Crippen LogP contribution in [-0.4, -0.2) is 149 Å². The number of hydrogen-bond donors (Lipinski definition) is 3. The zero-order valence-corrected chi connectivity index (χ0v) is 41.1. The van der Waals surface area contributed by atoms with Crippen LogP contribution in [0.25, 0.3) is 33.4 Å². The van der Waals surface area contributed by atoms with Gasteiger partial charge in [0.2, 0.25) is 11.8 Å². The first-order valence-electron chi connectivity index (χ1n) is 23.6. The van der Waals surface area contributed by atoms with Crippen molar-refractivity contribution in [3.05, 3.63) is 58.2 Å². The third-order valence-corrected chi connectivity index (χ3v) is 14.5. The summed E-state index contributed by atoms with van der Waals surface area (Å²) >= 11 is 1.41. The highest BCUT2D eigenvalue weighted by Crippen LogP contribution is 2.42. The van der Waals surface area contributed by atoms with E-state index in [1.165, 1.54) is 21.2 Å². The van der Waals surface area contributed by atoms with Crippen molar-refractivity contribution in [1.29, 1.82) is 0 Å². The molecule has 17 nitrogen and oxygen atoms in total. The molecule has 8 rings (SSSR count). The van der Waals surface area contributed by atoms with Crippen LogP contribution >= 0.6 is 11.3 Å². The second-order valence-electron chi connectivity index (χ2n) is 19.8. The van der Waals surface area contributed by atoms with Gasteiger partial charge in [0.15, 0.2) is 0 Å². The predicted octanol–water partition coefficient (Wildman–Crippen LogP) is 4.64. The van der Waals surface area contributed by atoms with Gasteiger partial charge in [-0.25, -0.2) is 15.2 Å². The van der Waals surface area contributed by atoms with E-state index >= 15 is 0 Å². The highest BCUT2D eigenvalue weighted by atomic mass is 32.1. The van der Waals surface area contributed by atoms with Gasteiger partial charge in [-0.1, -0.05) is 33.8 Å². The smallest absolute Gasteiger partial charge is 0.324 e. The molecule has 0 aliphatic carbocycles. The van der Waals surface area contributed by atoms with Gasteiger partial charge < -0.3 is 39.4 Å². The van der Waals surface area contributed by atoms with Gasteiger partial charge in [0.1, 0.15) is 18.1 Å². The van der Waals surface area contributed by atoms with Crippen molar-refractivity contribution in [2.24, 2.45) is 17.3 Å². The van der Waals surface area contributed by atoms with Crippen LogP contribution in [0.15, 0.2) is 41.9 Å². The van der Waals surface area contributed by atoms with Gasteiger partial charge >= 0.3 is 12.0 Å². The molecule has 3 N–H and O–H groups in total. The summed E-state index contributed by atoms with van der Waals surface area (Å²) in [6, 6.07) is 7.23. The number of likely N-dealkylation sites (N-methyl/N-ethyl adjacent to an activating group) is 1. The van der Waals surface area contributed by atoms with E-state index in [9.17, 15) is 24.0 Å². The number of aromatic nitrogens is 3. The van der Waals surface area contributed by atoms with Crippen molar-refractivity contribution in [2.45, 2.75) is 104 Å². The van der Waals surface area contributed by atoms with Crippen LogP contribution in [0.2, 0.25) is 0 Å². The van der Waals surface area contributed by atoms with E-state index in [2.05, 4.69) is 65.7 Å². The lowest BCUT2D eigenvalue weighted by atomic mass is 9.84. The Hall–Kier alpha value is -5.43. The number of benzene rings is 1. The number of esters is 1. The number of cyclic esters (lactones) is 1. The monoisotopic (exact) mass is 938 g/mol. The quantitative estimate of drug-likeness (QED) is 0.140. The van der Waals surface area contributed by atoms with Crippen molar-refractivity contribution in [1.82, 2.24) is 50.3 Å². The topological polar surface area (TPSA) is 193 Å². The number of nitrogens with one attached hydrogen (secondary N) is 3. The van der Waals surface area contributed by atoms with Gasteiger partial charge in [0, 0.05) is 112 Å². The van der Waals surface area contributed by atoms with Crippen LogP contribution in [0.1, 0.15) is 76.8 Å². The molecule has 7 heterocycles. The summed E-state index contributed by atoms with van der Waals surface area (Å²) in [7, 11) is 5.00. The van der Waals surface area contributed by atoms with Crippen LogP contribution < -0.4 is 16.1 Å². The molecule has 6 bridgehead atoms. The summed E-state index contributed by atoms with van der Waals surface area (Å²) < 4.78 is 14.2. The molecule has 0 radical (unpaired) electrons. The van der Waals surface area contributed by atoms with Gasteiger partial charge in [-0.15, -0.1) is 11.3 Å². The first kappa shape index (κ1) is 48.0. The average molecular weight is 939 g/mol. The lowest BCUT2D eigenvalue weighted by Gasteiger charge is -2.42. The van der Waals surface area contributed by atoms with E-state index < -0.39 is 41.3 Å². The first-order chi connectivity index (χ1) is 32.0. The number of hydrogen-bond acceptors (Lipinski definition) is 12. The van der Waals surface area contributed by atoms with Gasteiger partial charge in [0.25, 0.3) is 5.91 Å². The molecule has 4 aromatic rings. The molecule has 5 atom stereocenters. The standard InChI is InChI=1S/C49H66N10O7S/c1-10-58-39-16-15-31-19-33(39)34(43(58)32-13-11-17-50-41(32)29(4)65-9)21-49(5,6)27-66-47(63)35-14-12-18-59(54-35)46(62)36(20-40-52-38(31)26-67-40)53-44(60)42(28(2)3)56(8)48(64)55(7)23-30-24-57(25-30)45(61)37-22-51-37/h11,13,15-17,19,26,28-30,35-37,42,51,54H,10,12,14,18,20-25,27H2,1-9H3,(H,53,60)/t29-,35-,36-,37+,42?/m0/s1. The van der Waals surface area contributed by atoms with Crippen molar-refractivity contribution in [2.75, 3.05) is 60.5 Å². The average Bonchev–Trinajstić information content (AvgIpc) is 3.98. The van der Waals surface area contributed by atoms with E-state index in [-0.39, 0.29) is 48.9 Å². The molecule has 360 valence electrons. The number of hydrazine groups is 1. The lowest BCUT2D eigenvalue weighted by molar-refractivity contribution is -0.155. The maximum absolute atomic E-state index is 14.6. The van der Waals surface area contributed by atoms with Crippen LogP contribution in [0.3, 0.4) is 0 Å². The van der Waals surface area contributed by atoms with E-state index in [0.717, 1.165) is 44.7 Å². The Kier molecular flexibility index (Phi) is 14.1. The zero-order valence-electron chi connectivity index (χ0n) is 40.3. The second kappa shape index (κ2) is 19.7. The van der Waals surface area contributed by atoms with Gasteiger partial charge in [0.05, 0.1) is 40.8 Å². The largest absolute Gasteiger partial charge is 0.464 e. The molecule has 3 saturated heterocycles. The molecule has 4 aliphatic heterocycles. The van der Waals surface area contributed by atoms with E-state index in [1.807, 2.05) is 37.1 Å². The number of methoxy groups -OCH3 is 1. The normalized spacial score (nSPS) is 21.9. The highest BCUT2D eigenvalue weighted by molar-refractivity contribution is 7.10. The molecule has 3 aromatic heterocycles. The van der Waals surface area contributed by atoms with Gasteiger partial charge in [-0.3, -0.25) is 29.2 Å². The summed E-state index contributed by atoms with van der Waals surface area (Å²) in [4.78, 5) is 84.1. The van der Waals surface area contributed by atoms with Crippen molar-refractivity contribution in [3.8, 4) is 22.5 Å². The minimum Gasteiger partial charge on any atom is -0.464 e. The zero-order chi connectivity index (χ0) is 47.9. The van der Waals surface area contributed by atoms with Gasteiger partial charge in [-0.2, -0.15) is 0 Å². The number of aryl methyl sites for hydroxylation is 1.